The number of carbonyl (C=O) groups excluding carboxylic acids is 3. The summed E-state index contributed by atoms with van der Waals surface area (Å²) in [6, 6.07) is 7.54. The lowest BCUT2D eigenvalue weighted by Crippen LogP contribution is -2.48. The molecule has 0 unspecified atom stereocenters. The molecule has 2 aliphatic heterocycles. The van der Waals surface area contributed by atoms with Gasteiger partial charge in [-0.15, -0.1) is 10.2 Å². The van der Waals surface area contributed by atoms with Gasteiger partial charge in [-0.25, -0.2) is 0 Å². The number of carbonyl (C=O) groups is 3. The zero-order valence-electron chi connectivity index (χ0n) is 16.2. The predicted octanol–water partition coefficient (Wildman–Crippen LogP) is 2.55. The minimum absolute atomic E-state index is 0.0264. The van der Waals surface area contributed by atoms with Crippen molar-refractivity contribution in [3.63, 3.8) is 0 Å². The Bertz CT molecular complexity index is 932. The van der Waals surface area contributed by atoms with E-state index in [-0.39, 0.29) is 36.6 Å². The molecule has 1 aromatic heterocycles. The number of benzene rings is 1. The number of hydrogen-bond acceptors (Lipinski definition) is 6. The lowest BCUT2D eigenvalue weighted by Gasteiger charge is -2.34. The van der Waals surface area contributed by atoms with Gasteiger partial charge in [0.05, 0.1) is 11.5 Å². The molecular weight excluding hydrogens is 390 g/mol. The van der Waals surface area contributed by atoms with Crippen molar-refractivity contribution in [3.05, 3.63) is 35.3 Å². The molecule has 1 aromatic carbocycles. The quantitative estimate of drug-likeness (QED) is 0.757. The van der Waals surface area contributed by atoms with Crippen LogP contribution in [0.1, 0.15) is 44.6 Å². The van der Waals surface area contributed by atoms with Crippen LogP contribution in [0.15, 0.2) is 29.8 Å². The first kappa shape index (κ1) is 19.5. The van der Waals surface area contributed by atoms with E-state index in [9.17, 15) is 14.4 Å². The molecule has 2 N–H and O–H groups in total. The van der Waals surface area contributed by atoms with Crippen molar-refractivity contribution < 1.29 is 14.4 Å². The molecule has 1 fully saturated rings. The highest BCUT2D eigenvalue weighted by atomic mass is 32.1. The highest BCUT2D eigenvalue weighted by molar-refractivity contribution is 7.13. The van der Waals surface area contributed by atoms with Gasteiger partial charge in [0.2, 0.25) is 22.9 Å². The summed E-state index contributed by atoms with van der Waals surface area (Å²) in [6.45, 7) is 2.58. The molecule has 3 heterocycles. The van der Waals surface area contributed by atoms with Crippen LogP contribution in [0.2, 0.25) is 0 Å². The highest BCUT2D eigenvalue weighted by Crippen LogP contribution is 2.49. The van der Waals surface area contributed by atoms with Crippen LogP contribution in [0.25, 0.3) is 0 Å². The zero-order chi connectivity index (χ0) is 20.4. The number of rotatable bonds is 6. The smallest absolute Gasteiger partial charge is 0.237 e. The second-order valence-electron chi connectivity index (χ2n) is 7.40. The summed E-state index contributed by atoms with van der Waals surface area (Å²) in [4.78, 5) is 39.9. The van der Waals surface area contributed by atoms with Gasteiger partial charge in [0.1, 0.15) is 5.51 Å². The summed E-state index contributed by atoms with van der Waals surface area (Å²) in [5.41, 5.74) is 2.65. The summed E-state index contributed by atoms with van der Waals surface area (Å²) in [5, 5.41) is 13.5. The van der Waals surface area contributed by atoms with E-state index in [4.69, 9.17) is 0 Å². The van der Waals surface area contributed by atoms with Crippen LogP contribution in [0.3, 0.4) is 0 Å². The number of anilines is 2. The molecule has 0 bridgehead atoms. The third-order valence-electron chi connectivity index (χ3n) is 5.81. The number of nitrogens with zero attached hydrogens (tertiary/aromatic N) is 3. The van der Waals surface area contributed by atoms with Crippen molar-refractivity contribution in [2.24, 2.45) is 0 Å². The lowest BCUT2D eigenvalue weighted by atomic mass is 9.73. The minimum Gasteiger partial charge on any atom is -0.338 e. The summed E-state index contributed by atoms with van der Waals surface area (Å²) < 4.78 is 0. The van der Waals surface area contributed by atoms with Gasteiger partial charge in [-0.3, -0.25) is 14.4 Å². The molecule has 4 rings (SSSR count). The van der Waals surface area contributed by atoms with E-state index in [1.54, 1.807) is 0 Å². The Morgan fingerprint density at radius 1 is 1.34 bits per heavy atom. The van der Waals surface area contributed by atoms with Gasteiger partial charge in [-0.05, 0) is 24.5 Å². The molecule has 2 atom stereocenters. The molecule has 3 amide bonds. The van der Waals surface area contributed by atoms with Crippen molar-refractivity contribution >= 4 is 39.9 Å². The van der Waals surface area contributed by atoms with Crippen molar-refractivity contribution in [1.82, 2.24) is 15.1 Å². The highest BCUT2D eigenvalue weighted by Gasteiger charge is 2.58. The maximum absolute atomic E-state index is 13.0. The number of hydrogen-bond donors (Lipinski definition) is 2. The monoisotopic (exact) mass is 413 g/mol. The number of amides is 3. The summed E-state index contributed by atoms with van der Waals surface area (Å²) >= 11 is 1.23. The number of aromatic nitrogens is 2. The molecule has 0 radical (unpaired) electrons. The van der Waals surface area contributed by atoms with E-state index >= 15 is 0 Å². The van der Waals surface area contributed by atoms with Crippen LogP contribution < -0.4 is 10.6 Å². The molecule has 1 saturated heterocycles. The maximum atomic E-state index is 13.0. The molecule has 9 heteroatoms. The summed E-state index contributed by atoms with van der Waals surface area (Å²) in [5.74, 6) is -0.383. The van der Waals surface area contributed by atoms with E-state index in [2.05, 4.69) is 27.8 Å². The first-order chi connectivity index (χ1) is 14.1. The van der Waals surface area contributed by atoms with Gasteiger partial charge in [-0.1, -0.05) is 42.9 Å². The Balaban J connectivity index is 1.49. The normalized spacial score (nSPS) is 22.6. The molecule has 1 spiro atoms. The average molecular weight is 414 g/mol. The number of fused-ring (bicyclic) bond motifs is 2. The maximum Gasteiger partial charge on any atom is 0.237 e. The van der Waals surface area contributed by atoms with Crippen LogP contribution in [-0.2, 0) is 19.8 Å². The van der Waals surface area contributed by atoms with Gasteiger partial charge < -0.3 is 15.5 Å². The minimum atomic E-state index is -0.697. The molecule has 2 aromatic rings. The SMILES string of the molecule is CCC[C@@H]1N(C(=O)CCC(=O)Nc2nncs2)CC[C@]12C(=O)Nc1ccccc12. The number of nitrogens with one attached hydrogen (secondary N) is 2. The van der Waals surface area contributed by atoms with Gasteiger partial charge in [0.15, 0.2) is 0 Å². The predicted molar refractivity (Wildman–Crippen MR) is 110 cm³/mol. The molecule has 2 aliphatic rings. The molecule has 0 aliphatic carbocycles. The Labute approximate surface area is 172 Å². The Hall–Kier alpha value is -2.81. The van der Waals surface area contributed by atoms with E-state index in [1.807, 2.05) is 29.2 Å². The van der Waals surface area contributed by atoms with Gasteiger partial charge >= 0.3 is 0 Å². The van der Waals surface area contributed by atoms with Gasteiger partial charge in [0.25, 0.3) is 0 Å². The Kier molecular flexibility index (Phi) is 5.31. The van der Waals surface area contributed by atoms with Crippen LogP contribution >= 0.6 is 11.3 Å². The molecular formula is C20H23N5O3S. The number of likely N-dealkylation sites (tertiary alicyclic amines) is 1. The van der Waals surface area contributed by atoms with Crippen molar-refractivity contribution in [2.45, 2.75) is 50.5 Å². The summed E-state index contributed by atoms with van der Waals surface area (Å²) in [7, 11) is 0. The second-order valence-corrected chi connectivity index (χ2v) is 8.24. The first-order valence-corrected chi connectivity index (χ1v) is 10.7. The van der Waals surface area contributed by atoms with E-state index < -0.39 is 5.41 Å². The fourth-order valence-electron chi connectivity index (χ4n) is 4.55. The second kappa shape index (κ2) is 7.90. The molecule has 29 heavy (non-hydrogen) atoms. The topological polar surface area (TPSA) is 104 Å². The van der Waals surface area contributed by atoms with Crippen molar-refractivity contribution in [3.8, 4) is 0 Å². The molecule has 8 nitrogen and oxygen atoms in total. The fraction of sp³-hybridized carbons (Fsp3) is 0.450. The standard InChI is InChI=1S/C20H23N5O3S/c1-2-5-15-20(13-6-3-4-7-14(13)22-18(20)28)10-11-25(15)17(27)9-8-16(26)23-19-24-21-12-29-19/h3-4,6-7,12,15H,2,5,8-11H2,1H3,(H,22,28)(H,23,24,26)/t15-,20+/m0/s1. The van der Waals surface area contributed by atoms with E-state index in [1.165, 1.54) is 16.8 Å². The fourth-order valence-corrected chi connectivity index (χ4v) is 5.01. The lowest BCUT2D eigenvalue weighted by molar-refractivity contribution is -0.135. The zero-order valence-corrected chi connectivity index (χ0v) is 17.0. The molecule has 0 saturated carbocycles. The Morgan fingerprint density at radius 3 is 2.93 bits per heavy atom. The van der Waals surface area contributed by atoms with E-state index in [0.717, 1.165) is 24.1 Å². The first-order valence-electron chi connectivity index (χ1n) is 9.82. The van der Waals surface area contributed by atoms with Crippen LogP contribution in [-0.4, -0.2) is 45.4 Å². The van der Waals surface area contributed by atoms with Crippen LogP contribution in [0.4, 0.5) is 10.8 Å². The van der Waals surface area contributed by atoms with Crippen LogP contribution in [0, 0.1) is 0 Å². The van der Waals surface area contributed by atoms with Crippen LogP contribution in [0.5, 0.6) is 0 Å². The van der Waals surface area contributed by atoms with Crippen molar-refractivity contribution in [1.29, 1.82) is 0 Å². The van der Waals surface area contributed by atoms with Crippen molar-refractivity contribution in [2.75, 3.05) is 17.2 Å². The largest absolute Gasteiger partial charge is 0.338 e. The van der Waals surface area contributed by atoms with Gasteiger partial charge in [0, 0.05) is 25.1 Å². The van der Waals surface area contributed by atoms with E-state index in [0.29, 0.717) is 18.1 Å². The number of para-hydroxylation sites is 1. The summed E-state index contributed by atoms with van der Waals surface area (Å²) in [6.07, 6.45) is 2.38. The average Bonchev–Trinajstić information content (AvgIpc) is 3.41. The third kappa shape index (κ3) is 3.39. The Morgan fingerprint density at radius 2 is 2.17 bits per heavy atom. The van der Waals surface area contributed by atoms with Gasteiger partial charge in [-0.2, -0.15) is 0 Å². The molecule has 152 valence electrons. The third-order valence-corrected chi connectivity index (χ3v) is 6.41.